The number of urea groups is 1. The van der Waals surface area contributed by atoms with Crippen LogP contribution in [0.5, 0.6) is 0 Å². The highest BCUT2D eigenvalue weighted by Crippen LogP contribution is 2.09. The van der Waals surface area contributed by atoms with E-state index in [2.05, 4.69) is 15.5 Å². The number of carboxylic acid groups (broad SMARTS) is 1. The SMILES string of the molecule is CC(C)C(CNC(=O)NCC1CN(C)CCO1)C(=O)O. The molecule has 3 N–H and O–H groups in total. The number of nitrogens with zero attached hydrogens (tertiary/aromatic N) is 1. The van der Waals surface area contributed by atoms with Gasteiger partial charge in [-0.15, -0.1) is 0 Å². The number of rotatable bonds is 6. The van der Waals surface area contributed by atoms with Crippen molar-refractivity contribution in [2.75, 3.05) is 39.8 Å². The molecule has 7 heteroatoms. The molecule has 0 aliphatic carbocycles. The summed E-state index contributed by atoms with van der Waals surface area (Å²) in [5.41, 5.74) is 0. The molecule has 0 radical (unpaired) electrons. The van der Waals surface area contributed by atoms with Crippen LogP contribution in [0.4, 0.5) is 4.79 Å². The van der Waals surface area contributed by atoms with E-state index in [9.17, 15) is 9.59 Å². The van der Waals surface area contributed by atoms with Gasteiger partial charge in [0.2, 0.25) is 0 Å². The molecular formula is C13H25N3O4. The molecule has 1 saturated heterocycles. The fourth-order valence-electron chi connectivity index (χ4n) is 2.07. The number of ether oxygens (including phenoxy) is 1. The summed E-state index contributed by atoms with van der Waals surface area (Å²) in [4.78, 5) is 24.8. The standard InChI is InChI=1S/C13H25N3O4/c1-9(2)11(12(17)18)7-15-13(19)14-6-10-8-16(3)4-5-20-10/h9-11H,4-8H2,1-3H3,(H,17,18)(H2,14,15,19). The number of nitrogens with one attached hydrogen (secondary N) is 2. The van der Waals surface area contributed by atoms with E-state index in [4.69, 9.17) is 9.84 Å². The molecule has 2 atom stereocenters. The van der Waals surface area contributed by atoms with Gasteiger partial charge in [-0.2, -0.15) is 0 Å². The van der Waals surface area contributed by atoms with Crippen molar-refractivity contribution >= 4 is 12.0 Å². The van der Waals surface area contributed by atoms with Crippen molar-refractivity contribution in [2.24, 2.45) is 11.8 Å². The lowest BCUT2D eigenvalue weighted by atomic mass is 9.96. The number of aliphatic carboxylic acids is 1. The van der Waals surface area contributed by atoms with E-state index in [1.807, 2.05) is 20.9 Å². The summed E-state index contributed by atoms with van der Waals surface area (Å²) in [7, 11) is 2.01. The van der Waals surface area contributed by atoms with Gasteiger partial charge in [0.15, 0.2) is 0 Å². The van der Waals surface area contributed by atoms with Gasteiger partial charge in [0, 0.05) is 26.2 Å². The summed E-state index contributed by atoms with van der Waals surface area (Å²) in [6.07, 6.45) is -0.0140. The minimum absolute atomic E-state index is 0.0140. The number of carbonyl (C=O) groups is 2. The fourth-order valence-corrected chi connectivity index (χ4v) is 2.07. The van der Waals surface area contributed by atoms with Crippen LogP contribution in [0.25, 0.3) is 0 Å². The second-order valence-electron chi connectivity index (χ2n) is 5.53. The summed E-state index contributed by atoms with van der Waals surface area (Å²) >= 11 is 0. The molecule has 1 fully saturated rings. The molecule has 0 bridgehead atoms. The Morgan fingerprint density at radius 3 is 2.65 bits per heavy atom. The third-order valence-electron chi connectivity index (χ3n) is 3.44. The van der Waals surface area contributed by atoms with Crippen molar-refractivity contribution in [2.45, 2.75) is 20.0 Å². The fraction of sp³-hybridized carbons (Fsp3) is 0.846. The van der Waals surface area contributed by atoms with Crippen LogP contribution < -0.4 is 10.6 Å². The van der Waals surface area contributed by atoms with E-state index in [0.717, 1.165) is 13.1 Å². The topological polar surface area (TPSA) is 90.9 Å². The maximum Gasteiger partial charge on any atom is 0.314 e. The highest BCUT2D eigenvalue weighted by Gasteiger charge is 2.22. The molecule has 1 heterocycles. The highest BCUT2D eigenvalue weighted by atomic mass is 16.5. The first kappa shape index (κ1) is 16.7. The molecule has 2 amide bonds. The van der Waals surface area contributed by atoms with Crippen LogP contribution in [0.1, 0.15) is 13.8 Å². The molecule has 0 aromatic carbocycles. The molecule has 0 saturated carbocycles. The third kappa shape index (κ3) is 5.75. The quantitative estimate of drug-likeness (QED) is 0.638. The van der Waals surface area contributed by atoms with Gasteiger partial charge in [-0.25, -0.2) is 4.79 Å². The lowest BCUT2D eigenvalue weighted by molar-refractivity contribution is -0.142. The van der Waals surface area contributed by atoms with Crippen molar-refractivity contribution in [1.29, 1.82) is 0 Å². The first-order chi connectivity index (χ1) is 9.40. The molecule has 0 aromatic rings. The predicted octanol–water partition coefficient (Wildman–Crippen LogP) is -0.0270. The van der Waals surface area contributed by atoms with Gasteiger partial charge in [0.1, 0.15) is 0 Å². The normalized spacial score (nSPS) is 21.5. The lowest BCUT2D eigenvalue weighted by Gasteiger charge is -2.30. The van der Waals surface area contributed by atoms with E-state index < -0.39 is 11.9 Å². The number of hydrogen-bond donors (Lipinski definition) is 3. The zero-order valence-corrected chi connectivity index (χ0v) is 12.4. The highest BCUT2D eigenvalue weighted by molar-refractivity contribution is 5.75. The first-order valence-electron chi connectivity index (χ1n) is 6.94. The molecule has 1 aliphatic heterocycles. The van der Waals surface area contributed by atoms with Crippen molar-refractivity contribution in [1.82, 2.24) is 15.5 Å². The Balaban J connectivity index is 2.24. The van der Waals surface area contributed by atoms with E-state index in [-0.39, 0.29) is 24.6 Å². The second-order valence-corrected chi connectivity index (χ2v) is 5.53. The summed E-state index contributed by atoms with van der Waals surface area (Å²) in [6, 6.07) is -0.353. The predicted molar refractivity (Wildman–Crippen MR) is 74.6 cm³/mol. The molecule has 7 nitrogen and oxygen atoms in total. The Bertz CT molecular complexity index is 336. The minimum atomic E-state index is -0.891. The van der Waals surface area contributed by atoms with E-state index in [1.165, 1.54) is 0 Å². The van der Waals surface area contributed by atoms with Crippen LogP contribution in [0.3, 0.4) is 0 Å². The van der Waals surface area contributed by atoms with Crippen molar-refractivity contribution < 1.29 is 19.4 Å². The molecule has 0 aromatic heterocycles. The molecule has 1 rings (SSSR count). The Morgan fingerprint density at radius 1 is 1.40 bits per heavy atom. The first-order valence-corrected chi connectivity index (χ1v) is 6.94. The third-order valence-corrected chi connectivity index (χ3v) is 3.44. The van der Waals surface area contributed by atoms with Gasteiger partial charge in [0.05, 0.1) is 18.6 Å². The van der Waals surface area contributed by atoms with Crippen LogP contribution in [0.2, 0.25) is 0 Å². The summed E-state index contributed by atoms with van der Waals surface area (Å²) in [6.45, 7) is 6.55. The minimum Gasteiger partial charge on any atom is -0.481 e. The molecular weight excluding hydrogens is 262 g/mol. The number of carbonyl (C=O) groups excluding carboxylic acids is 1. The van der Waals surface area contributed by atoms with Gasteiger partial charge < -0.3 is 25.4 Å². The van der Waals surface area contributed by atoms with Crippen molar-refractivity contribution in [3.05, 3.63) is 0 Å². The summed E-state index contributed by atoms with van der Waals surface area (Å²) in [5, 5.41) is 14.3. The summed E-state index contributed by atoms with van der Waals surface area (Å²) < 4.78 is 5.52. The Kier molecular flexibility index (Phi) is 6.74. The van der Waals surface area contributed by atoms with Crippen LogP contribution in [-0.2, 0) is 9.53 Å². The zero-order chi connectivity index (χ0) is 15.1. The molecule has 0 spiro atoms. The lowest BCUT2D eigenvalue weighted by Crippen LogP contribution is -2.48. The van der Waals surface area contributed by atoms with Gasteiger partial charge >= 0.3 is 12.0 Å². The average Bonchev–Trinajstić information content (AvgIpc) is 2.35. The smallest absolute Gasteiger partial charge is 0.314 e. The maximum atomic E-state index is 11.6. The maximum absolute atomic E-state index is 11.6. The van der Waals surface area contributed by atoms with Gasteiger partial charge in [0.25, 0.3) is 0 Å². The Morgan fingerprint density at radius 2 is 2.10 bits per heavy atom. The van der Waals surface area contributed by atoms with E-state index in [1.54, 1.807) is 0 Å². The molecule has 1 aliphatic rings. The Hall–Kier alpha value is -1.34. The monoisotopic (exact) mass is 287 g/mol. The number of amides is 2. The zero-order valence-electron chi connectivity index (χ0n) is 12.4. The van der Waals surface area contributed by atoms with Crippen LogP contribution in [-0.4, -0.2) is 67.9 Å². The van der Waals surface area contributed by atoms with Crippen molar-refractivity contribution in [3.63, 3.8) is 0 Å². The number of likely N-dealkylation sites (N-methyl/N-ethyl adjacent to an activating group) is 1. The average molecular weight is 287 g/mol. The van der Waals surface area contributed by atoms with Gasteiger partial charge in [-0.1, -0.05) is 13.8 Å². The van der Waals surface area contributed by atoms with E-state index >= 15 is 0 Å². The van der Waals surface area contributed by atoms with Crippen LogP contribution >= 0.6 is 0 Å². The van der Waals surface area contributed by atoms with Gasteiger partial charge in [-0.05, 0) is 13.0 Å². The molecule has 2 unspecified atom stereocenters. The van der Waals surface area contributed by atoms with Crippen molar-refractivity contribution in [3.8, 4) is 0 Å². The van der Waals surface area contributed by atoms with E-state index in [0.29, 0.717) is 13.2 Å². The number of hydrogen-bond acceptors (Lipinski definition) is 4. The van der Waals surface area contributed by atoms with Crippen LogP contribution in [0.15, 0.2) is 0 Å². The second kappa shape index (κ2) is 8.06. The Labute approximate surface area is 119 Å². The van der Waals surface area contributed by atoms with Crippen LogP contribution in [0, 0.1) is 11.8 Å². The molecule has 116 valence electrons. The number of carboxylic acids is 1. The molecule has 20 heavy (non-hydrogen) atoms. The summed E-state index contributed by atoms with van der Waals surface area (Å²) in [5.74, 6) is -1.49. The largest absolute Gasteiger partial charge is 0.481 e. The number of morpholine rings is 1. The van der Waals surface area contributed by atoms with Gasteiger partial charge in [-0.3, -0.25) is 4.79 Å².